The van der Waals surface area contributed by atoms with Gasteiger partial charge in [0.2, 0.25) is 0 Å². The van der Waals surface area contributed by atoms with Crippen molar-refractivity contribution in [2.45, 2.75) is 18.8 Å². The fourth-order valence-electron chi connectivity index (χ4n) is 2.66. The summed E-state index contributed by atoms with van der Waals surface area (Å²) in [6.45, 7) is 1.40. The van der Waals surface area contributed by atoms with Crippen LogP contribution in [0.1, 0.15) is 34.9 Å². The molecule has 2 heterocycles. The van der Waals surface area contributed by atoms with Crippen molar-refractivity contribution in [1.82, 2.24) is 14.9 Å². The number of H-pyrrole nitrogens is 1. The van der Waals surface area contributed by atoms with Crippen LogP contribution in [0.5, 0.6) is 0 Å². The molecule has 0 radical (unpaired) electrons. The first kappa shape index (κ1) is 12.8. The Morgan fingerprint density at radius 2 is 2.15 bits per heavy atom. The van der Waals surface area contributed by atoms with Crippen molar-refractivity contribution in [2.75, 3.05) is 13.1 Å². The Labute approximate surface area is 116 Å². The van der Waals surface area contributed by atoms with Gasteiger partial charge in [0.1, 0.15) is 11.6 Å². The van der Waals surface area contributed by atoms with Gasteiger partial charge in [0.05, 0.1) is 0 Å². The number of imidazole rings is 1. The summed E-state index contributed by atoms with van der Waals surface area (Å²) in [6, 6.07) is 5.71. The lowest BCUT2D eigenvalue weighted by molar-refractivity contribution is 0.0704. The predicted molar refractivity (Wildman–Crippen MR) is 72.9 cm³/mol. The number of rotatable bonds is 2. The molecule has 1 unspecified atom stereocenters. The van der Waals surface area contributed by atoms with Crippen LogP contribution in [0.25, 0.3) is 0 Å². The Hall–Kier alpha value is -2.17. The molecule has 1 aromatic carbocycles. The van der Waals surface area contributed by atoms with Gasteiger partial charge in [-0.3, -0.25) is 4.79 Å². The normalized spacial score (nSPS) is 19.1. The van der Waals surface area contributed by atoms with Crippen molar-refractivity contribution < 1.29 is 9.18 Å². The van der Waals surface area contributed by atoms with Gasteiger partial charge in [-0.2, -0.15) is 0 Å². The Morgan fingerprint density at radius 1 is 1.35 bits per heavy atom. The summed E-state index contributed by atoms with van der Waals surface area (Å²) in [5.74, 6) is 0.819. The molecule has 5 heteroatoms. The summed E-state index contributed by atoms with van der Waals surface area (Å²) in [6.07, 6.45) is 5.52. The zero-order chi connectivity index (χ0) is 13.9. The highest BCUT2D eigenvalue weighted by molar-refractivity contribution is 5.94. The molecule has 0 bridgehead atoms. The van der Waals surface area contributed by atoms with E-state index in [1.807, 2.05) is 4.90 Å². The predicted octanol–water partition coefficient (Wildman–Crippen LogP) is 2.57. The smallest absolute Gasteiger partial charge is 0.253 e. The van der Waals surface area contributed by atoms with Gasteiger partial charge in [0, 0.05) is 37.0 Å². The number of carbonyl (C=O) groups is 1. The standard InChI is InChI=1S/C15H16FN3O/c16-13-5-3-11(4-6-13)15(20)19-9-1-2-12(10-19)14-17-7-8-18-14/h3-8,12H,1-2,9-10H2,(H,17,18). The van der Waals surface area contributed by atoms with E-state index in [-0.39, 0.29) is 17.6 Å². The molecule has 0 saturated carbocycles. The molecule has 0 aliphatic carbocycles. The van der Waals surface area contributed by atoms with E-state index in [1.54, 1.807) is 12.4 Å². The average Bonchev–Trinajstić information content (AvgIpc) is 3.02. The number of piperidine rings is 1. The van der Waals surface area contributed by atoms with Gasteiger partial charge >= 0.3 is 0 Å². The van der Waals surface area contributed by atoms with Gasteiger partial charge in [0.25, 0.3) is 5.91 Å². The maximum atomic E-state index is 12.9. The van der Waals surface area contributed by atoms with E-state index in [2.05, 4.69) is 9.97 Å². The third-order valence-electron chi connectivity index (χ3n) is 3.71. The molecule has 1 atom stereocenters. The number of hydrogen-bond acceptors (Lipinski definition) is 2. The van der Waals surface area contributed by atoms with Crippen LogP contribution in [0, 0.1) is 5.82 Å². The van der Waals surface area contributed by atoms with Gasteiger partial charge in [-0.15, -0.1) is 0 Å². The molecule has 1 N–H and O–H groups in total. The molecule has 2 aromatic rings. The highest BCUT2D eigenvalue weighted by Gasteiger charge is 2.26. The van der Waals surface area contributed by atoms with Gasteiger partial charge in [-0.1, -0.05) is 0 Å². The van der Waals surface area contributed by atoms with E-state index in [0.29, 0.717) is 12.1 Å². The van der Waals surface area contributed by atoms with Crippen LogP contribution in [0.4, 0.5) is 4.39 Å². The molecule has 20 heavy (non-hydrogen) atoms. The second kappa shape index (κ2) is 5.45. The van der Waals surface area contributed by atoms with E-state index in [9.17, 15) is 9.18 Å². The molecule has 104 valence electrons. The molecule has 0 spiro atoms. The van der Waals surface area contributed by atoms with E-state index < -0.39 is 0 Å². The summed E-state index contributed by atoms with van der Waals surface area (Å²) >= 11 is 0. The van der Waals surface area contributed by atoms with Crippen molar-refractivity contribution in [1.29, 1.82) is 0 Å². The zero-order valence-corrected chi connectivity index (χ0v) is 11.1. The minimum absolute atomic E-state index is 0.0405. The molecule has 1 aliphatic heterocycles. The number of aromatic amines is 1. The quantitative estimate of drug-likeness (QED) is 0.914. The monoisotopic (exact) mass is 273 g/mol. The van der Waals surface area contributed by atoms with Gasteiger partial charge in [0.15, 0.2) is 0 Å². The first-order chi connectivity index (χ1) is 9.74. The third kappa shape index (κ3) is 2.57. The lowest BCUT2D eigenvalue weighted by atomic mass is 9.96. The Kier molecular flexibility index (Phi) is 3.50. The fourth-order valence-corrected chi connectivity index (χ4v) is 2.66. The van der Waals surface area contributed by atoms with Crippen molar-refractivity contribution in [3.05, 3.63) is 53.9 Å². The zero-order valence-electron chi connectivity index (χ0n) is 11.1. The summed E-state index contributed by atoms with van der Waals surface area (Å²) < 4.78 is 12.9. The van der Waals surface area contributed by atoms with Crippen LogP contribution in [-0.2, 0) is 0 Å². The Balaban J connectivity index is 1.73. The fraction of sp³-hybridized carbons (Fsp3) is 0.333. The van der Waals surface area contributed by atoms with Crippen LogP contribution >= 0.6 is 0 Å². The molecular formula is C15H16FN3O. The van der Waals surface area contributed by atoms with Crippen LogP contribution in [0.2, 0.25) is 0 Å². The number of carbonyl (C=O) groups excluding carboxylic acids is 1. The third-order valence-corrected chi connectivity index (χ3v) is 3.71. The number of benzene rings is 1. The van der Waals surface area contributed by atoms with E-state index >= 15 is 0 Å². The minimum Gasteiger partial charge on any atom is -0.348 e. The van der Waals surface area contributed by atoms with Crippen molar-refractivity contribution in [3.8, 4) is 0 Å². The van der Waals surface area contributed by atoms with Gasteiger partial charge < -0.3 is 9.88 Å². The Bertz CT molecular complexity index is 580. The SMILES string of the molecule is O=C(c1ccc(F)cc1)N1CCCC(c2ncc[nH]2)C1. The van der Waals surface area contributed by atoms with Crippen LogP contribution in [-0.4, -0.2) is 33.9 Å². The number of nitrogens with one attached hydrogen (secondary N) is 1. The molecule has 1 aliphatic rings. The molecule has 1 aromatic heterocycles. The minimum atomic E-state index is -0.325. The molecule has 1 amide bonds. The van der Waals surface area contributed by atoms with Gasteiger partial charge in [-0.05, 0) is 37.1 Å². The number of halogens is 1. The topological polar surface area (TPSA) is 49.0 Å². The second-order valence-electron chi connectivity index (χ2n) is 5.07. The largest absolute Gasteiger partial charge is 0.348 e. The van der Waals surface area contributed by atoms with E-state index in [4.69, 9.17) is 0 Å². The maximum absolute atomic E-state index is 12.9. The highest BCUT2D eigenvalue weighted by atomic mass is 19.1. The van der Waals surface area contributed by atoms with Crippen molar-refractivity contribution >= 4 is 5.91 Å². The number of hydrogen-bond donors (Lipinski definition) is 1. The lowest BCUT2D eigenvalue weighted by Crippen LogP contribution is -2.39. The molecule has 4 nitrogen and oxygen atoms in total. The van der Waals surface area contributed by atoms with E-state index in [1.165, 1.54) is 24.3 Å². The van der Waals surface area contributed by atoms with Crippen molar-refractivity contribution in [3.63, 3.8) is 0 Å². The number of amides is 1. The van der Waals surface area contributed by atoms with Crippen molar-refractivity contribution in [2.24, 2.45) is 0 Å². The summed E-state index contributed by atoms with van der Waals surface area (Å²) in [5, 5.41) is 0. The Morgan fingerprint density at radius 3 is 2.85 bits per heavy atom. The number of aromatic nitrogens is 2. The van der Waals surface area contributed by atoms with Crippen LogP contribution in [0.15, 0.2) is 36.7 Å². The number of likely N-dealkylation sites (tertiary alicyclic amines) is 1. The first-order valence-electron chi connectivity index (χ1n) is 6.78. The number of nitrogens with zero attached hydrogens (tertiary/aromatic N) is 2. The maximum Gasteiger partial charge on any atom is 0.253 e. The molecular weight excluding hydrogens is 257 g/mol. The highest BCUT2D eigenvalue weighted by Crippen LogP contribution is 2.25. The molecule has 1 saturated heterocycles. The summed E-state index contributed by atoms with van der Waals surface area (Å²) in [5.41, 5.74) is 0.534. The summed E-state index contributed by atoms with van der Waals surface area (Å²) in [7, 11) is 0. The van der Waals surface area contributed by atoms with Gasteiger partial charge in [-0.25, -0.2) is 9.37 Å². The second-order valence-corrected chi connectivity index (χ2v) is 5.07. The van der Waals surface area contributed by atoms with E-state index in [0.717, 1.165) is 25.2 Å². The van der Waals surface area contributed by atoms with Crippen LogP contribution in [0.3, 0.4) is 0 Å². The molecule has 3 rings (SSSR count). The lowest BCUT2D eigenvalue weighted by Gasteiger charge is -2.32. The average molecular weight is 273 g/mol. The van der Waals surface area contributed by atoms with Crippen LogP contribution < -0.4 is 0 Å². The first-order valence-corrected chi connectivity index (χ1v) is 6.78. The molecule has 1 fully saturated rings. The summed E-state index contributed by atoms with van der Waals surface area (Å²) in [4.78, 5) is 21.6.